The van der Waals surface area contributed by atoms with Crippen LogP contribution in [0.15, 0.2) is 158 Å². The van der Waals surface area contributed by atoms with E-state index >= 15 is 0 Å². The number of hydrogen-bond donors (Lipinski definition) is 0. The highest BCUT2D eigenvalue weighted by molar-refractivity contribution is 5.80. The summed E-state index contributed by atoms with van der Waals surface area (Å²) in [6.07, 6.45) is -0.338. The van der Waals surface area contributed by atoms with Crippen molar-refractivity contribution in [3.63, 3.8) is 0 Å². The Morgan fingerprint density at radius 2 is 0.917 bits per heavy atom. The molecule has 6 aromatic rings. The molecule has 7 rings (SSSR count). The first-order valence-electron chi connectivity index (χ1n) is 16.6. The predicted molar refractivity (Wildman–Crippen MR) is 187 cm³/mol. The minimum absolute atomic E-state index is 0.320. The molecular formula is C42H41NO5. The van der Waals surface area contributed by atoms with Gasteiger partial charge in [-0.05, 0) is 39.8 Å². The summed E-state index contributed by atoms with van der Waals surface area (Å²) < 4.78 is 36.2. The lowest BCUT2D eigenvalue weighted by molar-refractivity contribution is -0.289. The number of hydrogen-bond acceptors (Lipinski definition) is 5. The minimum Gasteiger partial charge on any atom is -0.374 e. The summed E-state index contributed by atoms with van der Waals surface area (Å²) in [7, 11) is 0. The summed E-state index contributed by atoms with van der Waals surface area (Å²) in [6, 6.07) is 51.3. The van der Waals surface area contributed by atoms with Crippen LogP contribution in [-0.4, -0.2) is 35.6 Å². The van der Waals surface area contributed by atoms with E-state index in [-0.39, 0.29) is 0 Å². The zero-order valence-corrected chi connectivity index (χ0v) is 26.9. The van der Waals surface area contributed by atoms with Gasteiger partial charge in [0.25, 0.3) is 0 Å². The van der Waals surface area contributed by atoms with Gasteiger partial charge in [-0.1, -0.05) is 140 Å². The third-order valence-electron chi connectivity index (χ3n) is 8.76. The molecule has 0 bridgehead atoms. The third kappa shape index (κ3) is 7.93. The lowest BCUT2D eigenvalue weighted by atomic mass is 9.96. The highest BCUT2D eigenvalue weighted by Crippen LogP contribution is 2.37. The van der Waals surface area contributed by atoms with Crippen LogP contribution >= 0.6 is 0 Å². The van der Waals surface area contributed by atoms with Crippen molar-refractivity contribution in [2.75, 3.05) is 6.61 Å². The maximum atomic E-state index is 7.07. The maximum Gasteiger partial charge on any atom is 0.163 e. The largest absolute Gasteiger partial charge is 0.374 e. The van der Waals surface area contributed by atoms with Crippen molar-refractivity contribution in [2.45, 2.75) is 57.1 Å². The van der Waals surface area contributed by atoms with E-state index in [1.807, 2.05) is 72.8 Å². The van der Waals surface area contributed by atoms with Crippen LogP contribution in [0.5, 0.6) is 0 Å². The number of nitrogens with zero attached hydrogens (tertiary/aromatic N) is 1. The fourth-order valence-electron chi connectivity index (χ4n) is 6.32. The molecule has 1 saturated heterocycles. The van der Waals surface area contributed by atoms with E-state index in [0.717, 1.165) is 33.2 Å². The van der Waals surface area contributed by atoms with Gasteiger partial charge in [0.2, 0.25) is 0 Å². The SMILES string of the molecule is c1ccc(COC[C@H]2O[C@@H](n3ccc4ccccc43)[C@H](OCc3ccccc3)[C@@H](OCc3ccccc3)[C@@H]2OCc2ccccc2)cc1. The Hall–Kier alpha value is -4.56. The van der Waals surface area contributed by atoms with Gasteiger partial charge < -0.3 is 28.3 Å². The first-order valence-corrected chi connectivity index (χ1v) is 16.6. The molecule has 1 aliphatic heterocycles. The molecule has 5 aromatic carbocycles. The van der Waals surface area contributed by atoms with E-state index < -0.39 is 30.6 Å². The van der Waals surface area contributed by atoms with Gasteiger partial charge in [-0.3, -0.25) is 0 Å². The van der Waals surface area contributed by atoms with Gasteiger partial charge in [0.15, 0.2) is 6.23 Å². The highest BCUT2D eigenvalue weighted by atomic mass is 16.6. The van der Waals surface area contributed by atoms with E-state index in [1.165, 1.54) is 0 Å². The molecule has 1 fully saturated rings. The Balaban J connectivity index is 1.25. The quantitative estimate of drug-likeness (QED) is 0.120. The molecule has 0 radical (unpaired) electrons. The third-order valence-corrected chi connectivity index (χ3v) is 8.76. The van der Waals surface area contributed by atoms with Crippen LogP contribution in [0, 0.1) is 0 Å². The monoisotopic (exact) mass is 639 g/mol. The minimum atomic E-state index is -0.504. The Morgan fingerprint density at radius 1 is 0.458 bits per heavy atom. The van der Waals surface area contributed by atoms with Crippen LogP contribution in [0.2, 0.25) is 0 Å². The molecule has 6 heteroatoms. The fourth-order valence-corrected chi connectivity index (χ4v) is 6.32. The van der Waals surface area contributed by atoms with Gasteiger partial charge in [0.1, 0.15) is 24.4 Å². The molecule has 6 nitrogen and oxygen atoms in total. The summed E-state index contributed by atoms with van der Waals surface area (Å²) in [6.45, 7) is 1.99. The number of benzene rings is 5. The molecule has 0 saturated carbocycles. The average molecular weight is 640 g/mol. The van der Waals surface area contributed by atoms with E-state index in [1.54, 1.807) is 0 Å². The Labute approximate surface area is 282 Å². The molecule has 2 heterocycles. The highest BCUT2D eigenvalue weighted by Gasteiger charge is 2.49. The topological polar surface area (TPSA) is 51.1 Å². The molecule has 0 spiro atoms. The standard InChI is InChI=1S/C42H41NO5/c1-5-15-32(16-6-1)27-44-31-38-39(45-28-33-17-7-2-8-18-33)40(46-29-34-19-9-3-10-20-34)41(47-30-35-21-11-4-12-22-35)42(48-38)43-26-25-36-23-13-14-24-37(36)43/h1-26,38-42H,27-31H2/t38-,39-,40+,41-,42-/m1/s1. The summed E-state index contributed by atoms with van der Waals surface area (Å²) in [4.78, 5) is 0. The van der Waals surface area contributed by atoms with Gasteiger partial charge in [0, 0.05) is 6.20 Å². The van der Waals surface area contributed by atoms with Crippen molar-refractivity contribution < 1.29 is 23.7 Å². The van der Waals surface area contributed by atoms with Gasteiger partial charge >= 0.3 is 0 Å². The van der Waals surface area contributed by atoms with Crippen LogP contribution in [-0.2, 0) is 50.1 Å². The van der Waals surface area contributed by atoms with E-state index in [2.05, 4.69) is 89.6 Å². The van der Waals surface area contributed by atoms with Crippen LogP contribution in [0.25, 0.3) is 10.9 Å². The van der Waals surface area contributed by atoms with Crippen molar-refractivity contribution >= 4 is 10.9 Å². The Bertz CT molecular complexity index is 1810. The van der Waals surface area contributed by atoms with E-state index in [9.17, 15) is 0 Å². The molecule has 0 aliphatic carbocycles. The number of rotatable bonds is 14. The van der Waals surface area contributed by atoms with E-state index in [4.69, 9.17) is 23.7 Å². The van der Waals surface area contributed by atoms with Crippen LogP contribution in [0.3, 0.4) is 0 Å². The summed E-state index contributed by atoms with van der Waals surface area (Å²) >= 11 is 0. The van der Waals surface area contributed by atoms with Gasteiger partial charge in [0.05, 0.1) is 38.6 Å². The molecule has 1 aromatic heterocycles. The smallest absolute Gasteiger partial charge is 0.163 e. The summed E-state index contributed by atoms with van der Waals surface area (Å²) in [5.41, 5.74) is 5.38. The first kappa shape index (κ1) is 32.0. The Kier molecular flexibility index (Phi) is 10.7. The van der Waals surface area contributed by atoms with Crippen molar-refractivity contribution in [1.29, 1.82) is 0 Å². The number of fused-ring (bicyclic) bond motifs is 1. The first-order chi connectivity index (χ1) is 23.8. The molecule has 244 valence electrons. The second-order valence-corrected chi connectivity index (χ2v) is 12.1. The lowest BCUT2D eigenvalue weighted by Gasteiger charge is -2.46. The van der Waals surface area contributed by atoms with Gasteiger partial charge in [-0.2, -0.15) is 0 Å². The van der Waals surface area contributed by atoms with Gasteiger partial charge in [-0.15, -0.1) is 0 Å². The maximum absolute atomic E-state index is 7.07. The van der Waals surface area contributed by atoms with Gasteiger partial charge in [-0.25, -0.2) is 0 Å². The molecule has 5 atom stereocenters. The van der Waals surface area contributed by atoms with Crippen LogP contribution in [0.1, 0.15) is 28.5 Å². The number of aromatic nitrogens is 1. The molecule has 0 amide bonds. The van der Waals surface area contributed by atoms with Crippen molar-refractivity contribution in [1.82, 2.24) is 4.57 Å². The number of ether oxygens (including phenoxy) is 5. The lowest BCUT2D eigenvalue weighted by Crippen LogP contribution is -2.59. The zero-order valence-electron chi connectivity index (χ0n) is 26.9. The summed E-state index contributed by atoms with van der Waals surface area (Å²) in [5.74, 6) is 0. The van der Waals surface area contributed by atoms with Crippen LogP contribution in [0.4, 0.5) is 0 Å². The van der Waals surface area contributed by atoms with Crippen molar-refractivity contribution in [3.8, 4) is 0 Å². The summed E-state index contributed by atoms with van der Waals surface area (Å²) in [5, 5.41) is 1.13. The number of para-hydroxylation sites is 1. The predicted octanol–water partition coefficient (Wildman–Crippen LogP) is 8.51. The normalized spacial score (nSPS) is 21.0. The fraction of sp³-hybridized carbons (Fsp3) is 0.238. The molecule has 1 aliphatic rings. The van der Waals surface area contributed by atoms with E-state index in [0.29, 0.717) is 33.0 Å². The second-order valence-electron chi connectivity index (χ2n) is 12.1. The molecule has 0 unspecified atom stereocenters. The van der Waals surface area contributed by atoms with Crippen molar-refractivity contribution in [2.24, 2.45) is 0 Å². The van der Waals surface area contributed by atoms with Crippen LogP contribution < -0.4 is 0 Å². The zero-order chi connectivity index (χ0) is 32.4. The second kappa shape index (κ2) is 16.0. The molecule has 0 N–H and O–H groups in total. The average Bonchev–Trinajstić information content (AvgIpc) is 3.58. The Morgan fingerprint density at radius 3 is 1.48 bits per heavy atom. The van der Waals surface area contributed by atoms with Crippen molar-refractivity contribution in [3.05, 3.63) is 180 Å². The molecule has 48 heavy (non-hydrogen) atoms. The molecular weight excluding hydrogens is 598 g/mol.